The van der Waals surface area contributed by atoms with Crippen molar-refractivity contribution in [2.45, 2.75) is 0 Å². The molecule has 1 heterocycles. The Hall–Kier alpha value is -16.2. The number of rotatable bonds is 16. The monoisotopic (exact) mass is 1580 g/mol. The maximum absolute atomic E-state index is 15.0. The van der Waals surface area contributed by atoms with Gasteiger partial charge in [-0.3, -0.25) is 0 Å². The summed E-state index contributed by atoms with van der Waals surface area (Å²) in [5.74, 6) is -0.206. The van der Waals surface area contributed by atoms with Gasteiger partial charge in [0.05, 0.1) is 5.69 Å². The third-order valence-electron chi connectivity index (χ3n) is 23.2. The van der Waals surface area contributed by atoms with E-state index in [1.165, 1.54) is 76.9 Å². The molecule has 5 heteroatoms. The Labute approximate surface area is 716 Å². The summed E-state index contributed by atoms with van der Waals surface area (Å²) >= 11 is 0. The second-order valence-corrected chi connectivity index (χ2v) is 30.9. The normalized spacial score (nSPS) is 11.1. The van der Waals surface area contributed by atoms with Crippen molar-refractivity contribution < 1.29 is 8.81 Å². The quantitative estimate of drug-likeness (QED) is 0.0962. The summed E-state index contributed by atoms with van der Waals surface area (Å²) in [5.41, 5.74) is 27.6. The highest BCUT2D eigenvalue weighted by molar-refractivity contribution is 6.09. The van der Waals surface area contributed by atoms with E-state index in [1.54, 1.807) is 6.07 Å². The molecule has 123 heavy (non-hydrogen) atoms. The molecule has 0 fully saturated rings. The molecule has 582 valence electrons. The highest BCUT2D eigenvalue weighted by atomic mass is 19.1. The van der Waals surface area contributed by atoms with Crippen LogP contribution in [0.5, 0.6) is 0 Å². The van der Waals surface area contributed by atoms with E-state index in [0.717, 1.165) is 112 Å². The molecule has 22 rings (SSSR count). The summed E-state index contributed by atoms with van der Waals surface area (Å²) in [6.07, 6.45) is 0. The SMILES string of the molecule is Fc1cc2cc(-c3ccc(-c4ccc(N(c5ccccc5)c5ccccc5)cc4)cc3)ccc2cc1-c1ccccc1.c1ccc(-c2ccc3cc(-c4ccc(N(c5ccccc5)c5ccccc5)c5ccccc45)ccc3c2)cc1.c1ccc(-c2ccc3cc(-c4ccc5c(c4)oc4cc(N(c6ccccc6)c6ccccc6)ccc45)ccc3c2)cc1. The lowest BCUT2D eigenvalue weighted by atomic mass is 9.94. The summed E-state index contributed by atoms with van der Waals surface area (Å²) in [7, 11) is 0. The summed E-state index contributed by atoms with van der Waals surface area (Å²) in [6.45, 7) is 0. The Bertz CT molecular complexity index is 7330. The smallest absolute Gasteiger partial charge is 0.137 e. The molecule has 0 aliphatic heterocycles. The molecule has 0 amide bonds. The third-order valence-corrected chi connectivity index (χ3v) is 23.2. The van der Waals surface area contributed by atoms with Gasteiger partial charge in [0, 0.05) is 73.3 Å². The lowest BCUT2D eigenvalue weighted by molar-refractivity contribution is 0.633. The first-order valence-corrected chi connectivity index (χ1v) is 41.8. The highest BCUT2D eigenvalue weighted by Crippen LogP contribution is 2.45. The van der Waals surface area contributed by atoms with Gasteiger partial charge in [-0.2, -0.15) is 0 Å². The number of halogens is 1. The van der Waals surface area contributed by atoms with Crippen LogP contribution in [-0.2, 0) is 0 Å². The average molecular weight is 1580 g/mol. The first-order chi connectivity index (χ1) is 60.9. The number of furan rings is 1. The largest absolute Gasteiger partial charge is 0.456 e. The van der Waals surface area contributed by atoms with Gasteiger partial charge in [0.1, 0.15) is 17.0 Å². The molecule has 0 aliphatic carbocycles. The number of hydrogen-bond donors (Lipinski definition) is 0. The Balaban J connectivity index is 0.000000117. The molecule has 0 bridgehead atoms. The van der Waals surface area contributed by atoms with Crippen LogP contribution in [0.4, 0.5) is 55.6 Å². The van der Waals surface area contributed by atoms with Crippen molar-refractivity contribution in [3.63, 3.8) is 0 Å². The molecule has 21 aromatic carbocycles. The van der Waals surface area contributed by atoms with E-state index in [-0.39, 0.29) is 5.82 Å². The zero-order chi connectivity index (χ0) is 82.2. The van der Waals surface area contributed by atoms with Crippen molar-refractivity contribution in [1.82, 2.24) is 0 Å². The van der Waals surface area contributed by atoms with Gasteiger partial charge in [0.25, 0.3) is 0 Å². The first kappa shape index (κ1) is 75.5. The van der Waals surface area contributed by atoms with Crippen LogP contribution in [0.3, 0.4) is 0 Å². The molecule has 0 saturated heterocycles. The molecular weight excluding hydrogens is 1490 g/mol. The lowest BCUT2D eigenvalue weighted by Crippen LogP contribution is -2.10. The van der Waals surface area contributed by atoms with Crippen LogP contribution in [0.15, 0.2) is 502 Å². The van der Waals surface area contributed by atoms with Gasteiger partial charge in [-0.05, 0) is 268 Å². The minimum absolute atomic E-state index is 0.206. The van der Waals surface area contributed by atoms with Crippen LogP contribution in [0.2, 0.25) is 0 Å². The fourth-order valence-electron chi connectivity index (χ4n) is 17.0. The van der Waals surface area contributed by atoms with Gasteiger partial charge in [-0.1, -0.05) is 334 Å². The Morgan fingerprint density at radius 3 is 0.894 bits per heavy atom. The van der Waals surface area contributed by atoms with Crippen molar-refractivity contribution in [3.8, 4) is 77.9 Å². The van der Waals surface area contributed by atoms with E-state index in [0.29, 0.717) is 5.56 Å². The van der Waals surface area contributed by atoms with Crippen molar-refractivity contribution in [2.75, 3.05) is 14.7 Å². The van der Waals surface area contributed by atoms with Crippen LogP contribution in [-0.4, -0.2) is 0 Å². The molecule has 0 atom stereocenters. The standard InChI is InChI=1S/C40H28FN.C40H27NO.C38H27N/c41-40-28-35-26-33(20-21-34(35)27-39(40)32-10-4-1-5-11-32)31-18-16-29(17-19-31)30-22-24-38(25-23-30)42(36-12-6-2-7-13-36)37-14-8-3-9-15-37;1-4-10-28(11-5-1)29-16-17-31-25-32(19-18-30(31)24-29)33-20-22-37-38-23-21-36(27-40(38)42-39(37)26-33)41(34-12-6-2-7-13-34)35-14-8-3-9-15-35;1-4-12-28(13-5-1)29-20-21-31-27-32(23-22-30(31)26-29)35-24-25-38(37-19-11-10-18-36(35)37)39(33-14-6-2-7-15-33)34-16-8-3-9-17-34/h1-28H;1-27H;1-27H. The minimum Gasteiger partial charge on any atom is -0.456 e. The van der Waals surface area contributed by atoms with Crippen molar-refractivity contribution >= 4 is 116 Å². The van der Waals surface area contributed by atoms with Crippen LogP contribution in [0.25, 0.3) is 143 Å². The van der Waals surface area contributed by atoms with Gasteiger partial charge < -0.3 is 19.1 Å². The molecule has 22 aromatic rings. The van der Waals surface area contributed by atoms with Gasteiger partial charge in [0.15, 0.2) is 0 Å². The predicted octanol–water partition coefficient (Wildman–Crippen LogP) is 33.8. The molecule has 0 N–H and O–H groups in total. The van der Waals surface area contributed by atoms with E-state index >= 15 is 4.39 Å². The molecule has 4 nitrogen and oxygen atoms in total. The number of anilines is 9. The molecule has 0 radical (unpaired) electrons. The predicted molar refractivity (Wildman–Crippen MR) is 519 cm³/mol. The maximum Gasteiger partial charge on any atom is 0.137 e. The zero-order valence-corrected chi connectivity index (χ0v) is 67.5. The molecule has 0 spiro atoms. The van der Waals surface area contributed by atoms with Crippen molar-refractivity contribution in [3.05, 3.63) is 503 Å². The van der Waals surface area contributed by atoms with Gasteiger partial charge in [0.2, 0.25) is 0 Å². The molecule has 0 aliphatic rings. The summed E-state index contributed by atoms with van der Waals surface area (Å²) < 4.78 is 21.6. The van der Waals surface area contributed by atoms with Gasteiger partial charge in [-0.15, -0.1) is 0 Å². The first-order valence-electron chi connectivity index (χ1n) is 41.8. The summed E-state index contributed by atoms with van der Waals surface area (Å²) in [4.78, 5) is 6.87. The average Bonchev–Trinajstić information content (AvgIpc) is 0.847. The Kier molecular flexibility index (Phi) is 21.1. The summed E-state index contributed by atoms with van der Waals surface area (Å²) in [6, 6.07) is 174. The number of fused-ring (bicyclic) bond motifs is 7. The number of para-hydroxylation sites is 6. The van der Waals surface area contributed by atoms with E-state index in [1.807, 2.05) is 60.7 Å². The van der Waals surface area contributed by atoms with E-state index in [2.05, 4.69) is 445 Å². The fourth-order valence-corrected chi connectivity index (χ4v) is 17.0. The second kappa shape index (κ2) is 34.4. The van der Waals surface area contributed by atoms with Crippen molar-refractivity contribution in [1.29, 1.82) is 0 Å². The van der Waals surface area contributed by atoms with Gasteiger partial charge >= 0.3 is 0 Å². The molecular formula is C118H82FN3O. The molecule has 1 aromatic heterocycles. The topological polar surface area (TPSA) is 22.9 Å². The van der Waals surface area contributed by atoms with E-state index in [9.17, 15) is 0 Å². The zero-order valence-electron chi connectivity index (χ0n) is 67.5. The Morgan fingerprint density at radius 1 is 0.154 bits per heavy atom. The second-order valence-electron chi connectivity index (χ2n) is 30.9. The maximum atomic E-state index is 15.0. The minimum atomic E-state index is -0.206. The number of nitrogens with zero attached hydrogens (tertiary/aromatic N) is 3. The van der Waals surface area contributed by atoms with Crippen LogP contribution in [0, 0.1) is 5.82 Å². The van der Waals surface area contributed by atoms with E-state index < -0.39 is 0 Å². The van der Waals surface area contributed by atoms with Crippen LogP contribution >= 0.6 is 0 Å². The van der Waals surface area contributed by atoms with Gasteiger partial charge in [-0.25, -0.2) is 4.39 Å². The van der Waals surface area contributed by atoms with Crippen LogP contribution in [0.1, 0.15) is 0 Å². The molecule has 0 saturated carbocycles. The van der Waals surface area contributed by atoms with Crippen LogP contribution < -0.4 is 14.7 Å². The summed E-state index contributed by atoms with van der Waals surface area (Å²) in [5, 5.41) is 11.6. The number of hydrogen-bond acceptors (Lipinski definition) is 4. The van der Waals surface area contributed by atoms with E-state index in [4.69, 9.17) is 4.42 Å². The lowest BCUT2D eigenvalue weighted by Gasteiger charge is -2.27. The molecule has 0 unspecified atom stereocenters. The fraction of sp³-hybridized carbons (Fsp3) is 0. The number of benzene rings is 21. The van der Waals surface area contributed by atoms with Crippen molar-refractivity contribution in [2.24, 2.45) is 0 Å². The third kappa shape index (κ3) is 16.0. The highest BCUT2D eigenvalue weighted by Gasteiger charge is 2.21. The Morgan fingerprint density at radius 2 is 0.439 bits per heavy atom.